The van der Waals surface area contributed by atoms with Crippen molar-refractivity contribution >= 4 is 21.1 Å². The minimum Gasteiger partial charge on any atom is -0.439 e. The van der Waals surface area contributed by atoms with Crippen LogP contribution in [0.15, 0.2) is 57.8 Å². The van der Waals surface area contributed by atoms with Crippen LogP contribution >= 0.6 is 0 Å². The molecule has 1 fully saturated rings. The van der Waals surface area contributed by atoms with Gasteiger partial charge in [0.05, 0.1) is 11.4 Å². The molecule has 26 heavy (non-hydrogen) atoms. The summed E-state index contributed by atoms with van der Waals surface area (Å²) in [6.45, 7) is 2.46. The number of halogens is 1. The lowest BCUT2D eigenvalue weighted by Gasteiger charge is -2.33. The molecular formula is C18H18FN3O3S. The van der Waals surface area contributed by atoms with Gasteiger partial charge >= 0.3 is 0 Å². The zero-order valence-electron chi connectivity index (χ0n) is 14.0. The predicted octanol–water partition coefficient (Wildman–Crippen LogP) is 2.47. The number of rotatable bonds is 4. The van der Waals surface area contributed by atoms with E-state index in [0.717, 1.165) is 23.2 Å². The van der Waals surface area contributed by atoms with E-state index in [9.17, 15) is 12.8 Å². The van der Waals surface area contributed by atoms with Crippen LogP contribution in [0.4, 0.5) is 4.39 Å². The van der Waals surface area contributed by atoms with Crippen LogP contribution in [0.3, 0.4) is 0 Å². The van der Waals surface area contributed by atoms with Gasteiger partial charge in [0.15, 0.2) is 5.58 Å². The predicted molar refractivity (Wildman–Crippen MR) is 94.4 cm³/mol. The van der Waals surface area contributed by atoms with Crippen molar-refractivity contribution in [1.29, 1.82) is 0 Å². The SMILES string of the molecule is O=S(=O)(c1ccc(F)cc1)N1CCN(Cc2nc3ccccc3o2)CC1. The first-order valence-corrected chi connectivity index (χ1v) is 9.79. The van der Waals surface area contributed by atoms with Gasteiger partial charge in [0.25, 0.3) is 0 Å². The van der Waals surface area contributed by atoms with Crippen molar-refractivity contribution < 1.29 is 17.2 Å². The molecule has 0 unspecified atom stereocenters. The van der Waals surface area contributed by atoms with Gasteiger partial charge in [-0.25, -0.2) is 17.8 Å². The van der Waals surface area contributed by atoms with E-state index in [1.54, 1.807) is 0 Å². The highest BCUT2D eigenvalue weighted by molar-refractivity contribution is 7.89. The summed E-state index contributed by atoms with van der Waals surface area (Å²) in [6, 6.07) is 12.5. The molecule has 1 saturated heterocycles. The van der Waals surface area contributed by atoms with Gasteiger partial charge < -0.3 is 4.42 Å². The molecule has 8 heteroatoms. The molecule has 0 amide bonds. The molecule has 136 valence electrons. The molecule has 2 aromatic carbocycles. The third-order valence-corrected chi connectivity index (χ3v) is 6.39. The number of fused-ring (bicyclic) bond motifs is 1. The summed E-state index contributed by atoms with van der Waals surface area (Å²) in [7, 11) is -3.59. The van der Waals surface area contributed by atoms with E-state index < -0.39 is 15.8 Å². The molecule has 0 N–H and O–H groups in total. The zero-order chi connectivity index (χ0) is 18.1. The summed E-state index contributed by atoms with van der Waals surface area (Å²) >= 11 is 0. The van der Waals surface area contributed by atoms with E-state index in [1.165, 1.54) is 16.4 Å². The molecule has 6 nitrogen and oxygen atoms in total. The molecule has 3 aromatic rings. The van der Waals surface area contributed by atoms with Gasteiger partial charge in [-0.05, 0) is 36.4 Å². The second-order valence-electron chi connectivity index (χ2n) is 6.21. The van der Waals surface area contributed by atoms with E-state index in [2.05, 4.69) is 9.88 Å². The molecule has 1 aromatic heterocycles. The lowest BCUT2D eigenvalue weighted by atomic mass is 10.3. The van der Waals surface area contributed by atoms with Crippen LogP contribution in [0, 0.1) is 5.82 Å². The fourth-order valence-corrected chi connectivity index (χ4v) is 4.48. The minimum absolute atomic E-state index is 0.117. The summed E-state index contributed by atoms with van der Waals surface area (Å²) in [6.07, 6.45) is 0. The Bertz CT molecular complexity index is 977. The maximum absolute atomic E-state index is 13.0. The van der Waals surface area contributed by atoms with E-state index >= 15 is 0 Å². The maximum atomic E-state index is 13.0. The number of hydrogen-bond donors (Lipinski definition) is 0. The molecular weight excluding hydrogens is 357 g/mol. The smallest absolute Gasteiger partial charge is 0.243 e. The third kappa shape index (κ3) is 3.35. The zero-order valence-corrected chi connectivity index (χ0v) is 14.8. The molecule has 4 rings (SSSR count). The van der Waals surface area contributed by atoms with Gasteiger partial charge in [-0.3, -0.25) is 4.90 Å². The monoisotopic (exact) mass is 375 g/mol. The number of nitrogens with zero attached hydrogens (tertiary/aromatic N) is 3. The average Bonchev–Trinajstić information content (AvgIpc) is 3.05. The Hall–Kier alpha value is -2.29. The van der Waals surface area contributed by atoms with Crippen LogP contribution in [0.25, 0.3) is 11.1 Å². The Morgan fingerprint density at radius 3 is 2.38 bits per heavy atom. The standard InChI is InChI=1S/C18H18FN3O3S/c19-14-5-7-15(8-6-14)26(23,24)22-11-9-21(10-12-22)13-18-20-16-3-1-2-4-17(16)25-18/h1-8H,9-13H2. The number of piperazine rings is 1. The normalized spacial score (nSPS) is 17.0. The van der Waals surface area contributed by atoms with Crippen molar-refractivity contribution in [3.8, 4) is 0 Å². The van der Waals surface area contributed by atoms with Crippen LogP contribution in [-0.4, -0.2) is 48.8 Å². The van der Waals surface area contributed by atoms with E-state index in [-0.39, 0.29) is 4.90 Å². The first kappa shape index (κ1) is 17.1. The van der Waals surface area contributed by atoms with Crippen LogP contribution in [0.1, 0.15) is 5.89 Å². The van der Waals surface area contributed by atoms with E-state index in [0.29, 0.717) is 38.6 Å². The summed E-state index contributed by atoms with van der Waals surface area (Å²) in [5.41, 5.74) is 1.57. The average molecular weight is 375 g/mol. The Labute approximate surface area is 150 Å². The molecule has 0 atom stereocenters. The summed E-state index contributed by atoms with van der Waals surface area (Å²) in [4.78, 5) is 6.68. The van der Waals surface area contributed by atoms with Crippen molar-refractivity contribution in [1.82, 2.24) is 14.2 Å². The van der Waals surface area contributed by atoms with Crippen molar-refractivity contribution in [2.75, 3.05) is 26.2 Å². The van der Waals surface area contributed by atoms with Gasteiger partial charge in [0.1, 0.15) is 11.3 Å². The Morgan fingerprint density at radius 1 is 1.00 bits per heavy atom. The molecule has 0 bridgehead atoms. The Kier molecular flexibility index (Phi) is 4.47. The van der Waals surface area contributed by atoms with Crippen LogP contribution < -0.4 is 0 Å². The number of aromatic nitrogens is 1. The molecule has 0 spiro atoms. The number of sulfonamides is 1. The molecule has 0 radical (unpaired) electrons. The highest BCUT2D eigenvalue weighted by Crippen LogP contribution is 2.20. The highest BCUT2D eigenvalue weighted by Gasteiger charge is 2.29. The molecule has 0 aliphatic carbocycles. The van der Waals surface area contributed by atoms with Crippen molar-refractivity contribution in [2.45, 2.75) is 11.4 Å². The molecule has 2 heterocycles. The van der Waals surface area contributed by atoms with E-state index in [1.807, 2.05) is 24.3 Å². The maximum Gasteiger partial charge on any atom is 0.243 e. The quantitative estimate of drug-likeness (QED) is 0.701. The number of oxazole rings is 1. The molecule has 1 aliphatic heterocycles. The Morgan fingerprint density at radius 2 is 1.69 bits per heavy atom. The van der Waals surface area contributed by atoms with Gasteiger partial charge in [-0.15, -0.1) is 0 Å². The van der Waals surface area contributed by atoms with Crippen LogP contribution in [0.5, 0.6) is 0 Å². The topological polar surface area (TPSA) is 66.7 Å². The summed E-state index contributed by atoms with van der Waals surface area (Å²) in [5, 5.41) is 0. The fraction of sp³-hybridized carbons (Fsp3) is 0.278. The lowest BCUT2D eigenvalue weighted by molar-refractivity contribution is 0.169. The van der Waals surface area contributed by atoms with Gasteiger partial charge in [-0.1, -0.05) is 12.1 Å². The number of hydrogen-bond acceptors (Lipinski definition) is 5. The first-order chi connectivity index (χ1) is 12.5. The second kappa shape index (κ2) is 6.79. The van der Waals surface area contributed by atoms with Crippen molar-refractivity contribution in [3.05, 3.63) is 60.2 Å². The highest BCUT2D eigenvalue weighted by atomic mass is 32.2. The number of benzene rings is 2. The third-order valence-electron chi connectivity index (χ3n) is 4.48. The molecule has 1 aliphatic rings. The van der Waals surface area contributed by atoms with Crippen molar-refractivity contribution in [3.63, 3.8) is 0 Å². The largest absolute Gasteiger partial charge is 0.439 e. The Balaban J connectivity index is 1.41. The van der Waals surface area contributed by atoms with Crippen LogP contribution in [-0.2, 0) is 16.6 Å². The van der Waals surface area contributed by atoms with E-state index in [4.69, 9.17) is 4.42 Å². The summed E-state index contributed by atoms with van der Waals surface area (Å²) in [5.74, 6) is 0.174. The summed E-state index contributed by atoms with van der Waals surface area (Å²) < 4.78 is 45.5. The van der Waals surface area contributed by atoms with Crippen molar-refractivity contribution in [2.24, 2.45) is 0 Å². The van der Waals surface area contributed by atoms with Crippen LogP contribution in [0.2, 0.25) is 0 Å². The molecule has 0 saturated carbocycles. The fourth-order valence-electron chi connectivity index (χ4n) is 3.06. The lowest BCUT2D eigenvalue weighted by Crippen LogP contribution is -2.48. The van der Waals surface area contributed by atoms with Gasteiger partial charge in [0, 0.05) is 26.2 Å². The first-order valence-electron chi connectivity index (χ1n) is 8.35. The van der Waals surface area contributed by atoms with Gasteiger partial charge in [-0.2, -0.15) is 4.31 Å². The second-order valence-corrected chi connectivity index (χ2v) is 8.15. The van der Waals surface area contributed by atoms with Gasteiger partial charge in [0.2, 0.25) is 15.9 Å². The number of para-hydroxylation sites is 2. The minimum atomic E-state index is -3.59.